The van der Waals surface area contributed by atoms with Gasteiger partial charge in [-0.2, -0.15) is 9.97 Å². The fraction of sp³-hybridized carbons (Fsp3) is 0.606. The van der Waals surface area contributed by atoms with Crippen LogP contribution in [0, 0.1) is 5.92 Å². The van der Waals surface area contributed by atoms with Crippen LogP contribution >= 0.6 is 0 Å². The molecule has 14 heteroatoms. The summed E-state index contributed by atoms with van der Waals surface area (Å²) in [7, 11) is 0. The van der Waals surface area contributed by atoms with Crippen LogP contribution in [0.1, 0.15) is 71.5 Å². The Hall–Kier alpha value is -4.07. The zero-order valence-corrected chi connectivity index (χ0v) is 27.3. The summed E-state index contributed by atoms with van der Waals surface area (Å²) in [5.74, 6) is 0.663. The van der Waals surface area contributed by atoms with Gasteiger partial charge in [-0.1, -0.05) is 12.1 Å². The van der Waals surface area contributed by atoms with E-state index in [1.54, 1.807) is 35.2 Å². The first-order valence-electron chi connectivity index (χ1n) is 16.6. The van der Waals surface area contributed by atoms with Crippen molar-refractivity contribution in [3.63, 3.8) is 0 Å². The summed E-state index contributed by atoms with van der Waals surface area (Å²) in [5, 5.41) is 6.76. The number of nitrogens with one attached hydrogen (secondary N) is 2. The number of carbonyl (C=O) groups excluding carboxylic acids is 2. The number of benzene rings is 1. The van der Waals surface area contributed by atoms with E-state index in [0.29, 0.717) is 68.0 Å². The van der Waals surface area contributed by atoms with Gasteiger partial charge in [-0.25, -0.2) is 18.6 Å². The predicted octanol–water partition coefficient (Wildman–Crippen LogP) is 5.08. The molecule has 2 amide bonds. The lowest BCUT2D eigenvalue weighted by molar-refractivity contribution is -0.127. The summed E-state index contributed by atoms with van der Waals surface area (Å²) >= 11 is 0. The average Bonchev–Trinajstić information content (AvgIpc) is 3.46. The van der Waals surface area contributed by atoms with Gasteiger partial charge in [-0.15, -0.1) is 0 Å². The van der Waals surface area contributed by atoms with Crippen LogP contribution in [0.15, 0.2) is 30.3 Å². The predicted molar refractivity (Wildman–Crippen MR) is 173 cm³/mol. The van der Waals surface area contributed by atoms with E-state index >= 15 is 0 Å². The number of alkyl halides is 2. The number of nitrogens with zero attached hydrogens (tertiary/aromatic N) is 6. The summed E-state index contributed by atoms with van der Waals surface area (Å²) in [6.45, 7) is 8.70. The van der Waals surface area contributed by atoms with Crippen molar-refractivity contribution in [2.75, 3.05) is 49.6 Å². The van der Waals surface area contributed by atoms with Crippen molar-refractivity contribution >= 4 is 34.8 Å². The fourth-order valence-electron chi connectivity index (χ4n) is 6.54. The molecule has 3 fully saturated rings. The Kier molecular flexibility index (Phi) is 9.76. The number of fused-ring (bicyclic) bond motifs is 1. The van der Waals surface area contributed by atoms with Crippen LogP contribution in [-0.4, -0.2) is 93.5 Å². The van der Waals surface area contributed by atoms with E-state index in [1.807, 2.05) is 25.7 Å². The summed E-state index contributed by atoms with van der Waals surface area (Å²) < 4.78 is 40.9. The van der Waals surface area contributed by atoms with E-state index in [-0.39, 0.29) is 35.8 Å². The number of hydrogen-bond acceptors (Lipinski definition) is 9. The SMILES string of the molecule is CC(C)(C)OC(=O)N1CCC[C@@H](C(=O)N[C@H]2CC[C@H](Nc3cc(-n4c(C(F)F)nc5ccccc54)nc(N4CCOCC4)n3)CC2)C1. The molecule has 0 bridgehead atoms. The average molecular weight is 655 g/mol. The molecule has 1 atom stereocenters. The smallest absolute Gasteiger partial charge is 0.410 e. The minimum Gasteiger partial charge on any atom is -0.444 e. The van der Waals surface area contributed by atoms with Crippen molar-refractivity contribution in [3.05, 3.63) is 36.2 Å². The number of carbonyl (C=O) groups is 2. The maximum Gasteiger partial charge on any atom is 0.410 e. The molecule has 2 N–H and O–H groups in total. The minimum absolute atomic E-state index is 0.0207. The Balaban J connectivity index is 1.12. The summed E-state index contributed by atoms with van der Waals surface area (Å²) in [4.78, 5) is 43.2. The molecule has 1 aliphatic carbocycles. The maximum atomic E-state index is 14.2. The second-order valence-electron chi connectivity index (χ2n) is 13.6. The highest BCUT2D eigenvalue weighted by Crippen LogP contribution is 2.30. The van der Waals surface area contributed by atoms with Gasteiger partial charge in [0, 0.05) is 44.3 Å². The Morgan fingerprint density at radius 3 is 2.43 bits per heavy atom. The molecule has 12 nitrogen and oxygen atoms in total. The molecule has 2 aliphatic heterocycles. The van der Waals surface area contributed by atoms with E-state index in [0.717, 1.165) is 38.5 Å². The van der Waals surface area contributed by atoms with Gasteiger partial charge in [-0.3, -0.25) is 9.36 Å². The number of anilines is 2. The molecule has 1 aromatic carbocycles. The zero-order valence-electron chi connectivity index (χ0n) is 27.3. The highest BCUT2D eigenvalue weighted by Gasteiger charge is 2.33. The molecule has 3 aromatic rings. The zero-order chi connectivity index (χ0) is 33.1. The van der Waals surface area contributed by atoms with Gasteiger partial charge in [0.05, 0.1) is 30.2 Å². The summed E-state index contributed by atoms with van der Waals surface area (Å²) in [6.07, 6.45) is 1.48. The van der Waals surface area contributed by atoms with Gasteiger partial charge in [0.25, 0.3) is 6.43 Å². The second kappa shape index (κ2) is 14.0. The number of halogens is 2. The molecule has 2 aromatic heterocycles. The van der Waals surface area contributed by atoms with E-state index in [4.69, 9.17) is 19.4 Å². The topological polar surface area (TPSA) is 127 Å². The maximum absolute atomic E-state index is 14.2. The van der Waals surface area contributed by atoms with Crippen molar-refractivity contribution in [2.45, 2.75) is 83.4 Å². The number of hydrogen-bond donors (Lipinski definition) is 2. The Morgan fingerprint density at radius 2 is 1.70 bits per heavy atom. The van der Waals surface area contributed by atoms with Gasteiger partial charge in [0.2, 0.25) is 11.9 Å². The Morgan fingerprint density at radius 1 is 0.979 bits per heavy atom. The highest BCUT2D eigenvalue weighted by molar-refractivity contribution is 5.80. The van der Waals surface area contributed by atoms with Crippen molar-refractivity contribution < 1.29 is 27.8 Å². The second-order valence-corrected chi connectivity index (χ2v) is 13.6. The van der Waals surface area contributed by atoms with Gasteiger partial charge in [0.1, 0.15) is 17.2 Å². The molecule has 0 spiro atoms. The first-order valence-corrected chi connectivity index (χ1v) is 16.6. The van der Waals surface area contributed by atoms with E-state index in [9.17, 15) is 18.4 Å². The van der Waals surface area contributed by atoms with Crippen molar-refractivity contribution in [3.8, 4) is 5.82 Å². The Bertz CT molecular complexity index is 1560. The van der Waals surface area contributed by atoms with Gasteiger partial charge >= 0.3 is 6.09 Å². The molecular formula is C33H44F2N8O4. The molecule has 47 heavy (non-hydrogen) atoms. The number of para-hydroxylation sites is 2. The Labute approximate surface area is 273 Å². The first-order chi connectivity index (χ1) is 22.5. The molecule has 254 valence electrons. The highest BCUT2D eigenvalue weighted by atomic mass is 19.3. The number of imidazole rings is 1. The van der Waals surface area contributed by atoms with Crippen LogP contribution < -0.4 is 15.5 Å². The van der Waals surface area contributed by atoms with Crippen molar-refractivity contribution in [1.82, 2.24) is 29.7 Å². The number of morpholine rings is 1. The van der Waals surface area contributed by atoms with Crippen LogP contribution in [0.4, 0.5) is 25.3 Å². The number of aromatic nitrogens is 4. The van der Waals surface area contributed by atoms with Crippen molar-refractivity contribution in [1.29, 1.82) is 0 Å². The fourth-order valence-corrected chi connectivity index (χ4v) is 6.54. The van der Waals surface area contributed by atoms with Crippen LogP contribution in [0.5, 0.6) is 0 Å². The number of amides is 2. The lowest BCUT2D eigenvalue weighted by atomic mass is 9.90. The van der Waals surface area contributed by atoms with Gasteiger partial charge in [-0.05, 0) is 71.4 Å². The van der Waals surface area contributed by atoms with E-state index in [2.05, 4.69) is 15.6 Å². The van der Waals surface area contributed by atoms with Crippen LogP contribution in [0.2, 0.25) is 0 Å². The third-order valence-electron chi connectivity index (χ3n) is 8.88. The summed E-state index contributed by atoms with van der Waals surface area (Å²) in [6, 6.07) is 8.86. The molecule has 1 saturated carbocycles. The normalized spacial score (nSPS) is 22.4. The molecular weight excluding hydrogens is 610 g/mol. The van der Waals surface area contributed by atoms with Crippen molar-refractivity contribution in [2.24, 2.45) is 5.92 Å². The minimum atomic E-state index is -2.79. The molecule has 0 radical (unpaired) electrons. The third kappa shape index (κ3) is 7.91. The number of rotatable bonds is 7. The monoisotopic (exact) mass is 654 g/mol. The third-order valence-corrected chi connectivity index (χ3v) is 8.88. The van der Waals surface area contributed by atoms with Gasteiger partial charge in [0.15, 0.2) is 5.82 Å². The molecule has 0 unspecified atom stereocenters. The van der Waals surface area contributed by atoms with Crippen LogP contribution in [0.25, 0.3) is 16.9 Å². The molecule has 4 heterocycles. The van der Waals surface area contributed by atoms with Gasteiger partial charge < -0.3 is 29.9 Å². The number of piperidine rings is 1. The molecule has 2 saturated heterocycles. The number of ether oxygens (including phenoxy) is 2. The first kappa shape index (κ1) is 32.9. The van der Waals surface area contributed by atoms with E-state index in [1.165, 1.54) is 4.57 Å². The lowest BCUT2D eigenvalue weighted by Crippen LogP contribution is -2.49. The van der Waals surface area contributed by atoms with Crippen LogP contribution in [-0.2, 0) is 14.3 Å². The largest absolute Gasteiger partial charge is 0.444 e. The standard InChI is InChI=1S/C33H44F2N8O4/c1-33(2,3)47-32(45)42-14-6-7-21(20-42)30(44)37-23-12-10-22(11-13-23)36-26-19-27(40-31(39-26)41-15-17-46-18-16-41)43-25-9-5-4-8-24(25)38-29(43)28(34)35/h4-5,8-9,19,21-23,28H,6-7,10-18,20H2,1-3H3,(H,37,44)(H,36,39,40)/t21-,22-,23-/m1/s1. The molecule has 3 aliphatic rings. The quantitative estimate of drug-likeness (QED) is 0.359. The van der Waals surface area contributed by atoms with E-state index < -0.39 is 12.0 Å². The van der Waals surface area contributed by atoms with Crippen LogP contribution in [0.3, 0.4) is 0 Å². The molecule has 6 rings (SSSR count). The number of likely N-dealkylation sites (tertiary alicyclic amines) is 1. The summed E-state index contributed by atoms with van der Waals surface area (Å²) in [5.41, 5.74) is 0.428. The lowest BCUT2D eigenvalue weighted by Gasteiger charge is -2.35.